The molecule has 0 atom stereocenters. The smallest absolute Gasteiger partial charge is 0.253 e. The van der Waals surface area contributed by atoms with E-state index in [0.717, 1.165) is 35.9 Å². The summed E-state index contributed by atoms with van der Waals surface area (Å²) in [5, 5.41) is 17.6. The van der Waals surface area contributed by atoms with E-state index in [1.54, 1.807) is 36.4 Å². The van der Waals surface area contributed by atoms with Gasteiger partial charge in [0, 0.05) is 53.9 Å². The van der Waals surface area contributed by atoms with Crippen LogP contribution in [0.1, 0.15) is 45.5 Å². The van der Waals surface area contributed by atoms with Gasteiger partial charge in [-0.15, -0.1) is 0 Å². The zero-order valence-electron chi connectivity index (χ0n) is 18.8. The lowest BCUT2D eigenvalue weighted by Crippen LogP contribution is -2.39. The molecule has 1 aromatic heterocycles. The molecule has 2 amide bonds. The van der Waals surface area contributed by atoms with Gasteiger partial charge in [-0.2, -0.15) is 10.4 Å². The maximum absolute atomic E-state index is 12.7. The van der Waals surface area contributed by atoms with E-state index >= 15 is 0 Å². The summed E-state index contributed by atoms with van der Waals surface area (Å²) in [5.74, 6) is 0.221. The fourth-order valence-corrected chi connectivity index (χ4v) is 4.49. The highest BCUT2D eigenvalue weighted by atomic mass is 35.5. The van der Waals surface area contributed by atoms with Crippen LogP contribution in [-0.4, -0.2) is 46.1 Å². The van der Waals surface area contributed by atoms with Gasteiger partial charge in [0.2, 0.25) is 0 Å². The van der Waals surface area contributed by atoms with Crippen LogP contribution in [0.4, 0.5) is 0 Å². The molecule has 1 saturated heterocycles. The van der Waals surface area contributed by atoms with Crippen molar-refractivity contribution in [1.29, 1.82) is 5.26 Å². The van der Waals surface area contributed by atoms with Gasteiger partial charge < -0.3 is 10.2 Å². The van der Waals surface area contributed by atoms with Crippen molar-refractivity contribution in [2.24, 2.45) is 5.92 Å². The van der Waals surface area contributed by atoms with E-state index in [1.165, 1.54) is 0 Å². The Labute approximate surface area is 203 Å². The van der Waals surface area contributed by atoms with Crippen molar-refractivity contribution >= 4 is 40.4 Å². The number of likely N-dealkylation sites (tertiary alicyclic amines) is 1. The lowest BCUT2D eigenvalue weighted by atomic mass is 9.96. The summed E-state index contributed by atoms with van der Waals surface area (Å²) < 4.78 is 1.93. The molecule has 7 nitrogen and oxygen atoms in total. The minimum atomic E-state index is -0.225. The Bertz CT molecular complexity index is 1250. The molecule has 0 unspecified atom stereocenters. The van der Waals surface area contributed by atoms with Crippen LogP contribution >= 0.6 is 11.6 Å². The largest absolute Gasteiger partial charge is 0.351 e. The number of hydrogen-bond donors (Lipinski definition) is 1. The molecule has 0 aliphatic carbocycles. The van der Waals surface area contributed by atoms with Crippen LogP contribution in [0.3, 0.4) is 0 Å². The molecule has 1 aliphatic rings. The van der Waals surface area contributed by atoms with Crippen LogP contribution in [0.5, 0.6) is 0 Å². The molecule has 2 heterocycles. The molecule has 0 bridgehead atoms. The van der Waals surface area contributed by atoms with Gasteiger partial charge in [-0.1, -0.05) is 24.3 Å². The molecule has 1 aliphatic heterocycles. The van der Waals surface area contributed by atoms with Gasteiger partial charge in [-0.25, -0.2) is 0 Å². The number of hydrogen-bond acceptors (Lipinski definition) is 4. The quantitative estimate of drug-likeness (QED) is 0.508. The van der Waals surface area contributed by atoms with Gasteiger partial charge >= 0.3 is 0 Å². The number of nitrogens with zero attached hydrogens (tertiary/aromatic N) is 4. The molecular weight excluding hydrogens is 450 g/mol. The number of amides is 2. The molecule has 174 valence electrons. The fourth-order valence-electron chi connectivity index (χ4n) is 4.36. The Hall–Kier alpha value is -3.63. The second kappa shape index (κ2) is 10.5. The SMILES string of the molecule is C=Cc1c(C(=O)NCCC#N)ccc2nn(CC3CCN(C(=O)c4ccc(Cl)cc4)CC3)cc12. The number of fused-ring (bicyclic) bond motifs is 1. The predicted octanol–water partition coefficient (Wildman–Crippen LogP) is 4.53. The van der Waals surface area contributed by atoms with Gasteiger partial charge in [0.1, 0.15) is 0 Å². The number of nitrogens with one attached hydrogen (secondary N) is 1. The van der Waals surface area contributed by atoms with E-state index in [9.17, 15) is 9.59 Å². The Morgan fingerprint density at radius 2 is 1.94 bits per heavy atom. The lowest BCUT2D eigenvalue weighted by molar-refractivity contribution is 0.0681. The number of piperidine rings is 1. The van der Waals surface area contributed by atoms with Gasteiger partial charge in [-0.3, -0.25) is 14.3 Å². The molecule has 1 fully saturated rings. The zero-order valence-corrected chi connectivity index (χ0v) is 19.6. The maximum atomic E-state index is 12.7. The Morgan fingerprint density at radius 1 is 1.21 bits per heavy atom. The molecule has 1 N–H and O–H groups in total. The van der Waals surface area contributed by atoms with Gasteiger partial charge in [0.25, 0.3) is 11.8 Å². The van der Waals surface area contributed by atoms with Gasteiger partial charge in [0.05, 0.1) is 18.0 Å². The number of aromatic nitrogens is 2. The normalized spacial score (nSPS) is 14.1. The van der Waals surface area contributed by atoms with Crippen LogP contribution in [0.2, 0.25) is 5.02 Å². The van der Waals surface area contributed by atoms with Crippen LogP contribution in [0.15, 0.2) is 49.2 Å². The van der Waals surface area contributed by atoms with Crippen molar-refractivity contribution in [3.05, 3.63) is 70.9 Å². The van der Waals surface area contributed by atoms with E-state index in [-0.39, 0.29) is 18.2 Å². The molecule has 3 aromatic rings. The van der Waals surface area contributed by atoms with Crippen molar-refractivity contribution in [2.75, 3.05) is 19.6 Å². The summed E-state index contributed by atoms with van der Waals surface area (Å²) in [5.41, 5.74) is 2.72. The monoisotopic (exact) mass is 475 g/mol. The first kappa shape index (κ1) is 23.5. The predicted molar refractivity (Wildman–Crippen MR) is 132 cm³/mol. The molecule has 0 radical (unpaired) electrons. The highest BCUT2D eigenvalue weighted by Crippen LogP contribution is 2.26. The Morgan fingerprint density at radius 3 is 2.62 bits per heavy atom. The first-order valence-electron chi connectivity index (χ1n) is 11.3. The average Bonchev–Trinajstić information content (AvgIpc) is 3.26. The molecule has 8 heteroatoms. The van der Waals surface area contributed by atoms with Crippen LogP contribution in [0.25, 0.3) is 17.0 Å². The summed E-state index contributed by atoms with van der Waals surface area (Å²) in [4.78, 5) is 27.2. The number of carbonyl (C=O) groups excluding carboxylic acids is 2. The number of rotatable bonds is 7. The van der Waals surface area contributed by atoms with Crippen LogP contribution in [-0.2, 0) is 6.54 Å². The highest BCUT2D eigenvalue weighted by Gasteiger charge is 2.24. The van der Waals surface area contributed by atoms with E-state index in [4.69, 9.17) is 22.0 Å². The minimum Gasteiger partial charge on any atom is -0.351 e. The fraction of sp³-hybridized carbons (Fsp3) is 0.308. The number of halogens is 1. The first-order chi connectivity index (χ1) is 16.5. The molecule has 0 saturated carbocycles. The molecule has 2 aromatic carbocycles. The zero-order chi connectivity index (χ0) is 24.1. The van der Waals surface area contributed by atoms with E-state index in [2.05, 4.69) is 11.9 Å². The van der Waals surface area contributed by atoms with Crippen LogP contribution in [0, 0.1) is 17.2 Å². The molecular formula is C26H26ClN5O2. The number of carbonyl (C=O) groups is 2. The van der Waals surface area contributed by atoms with Gasteiger partial charge in [0.15, 0.2) is 0 Å². The third-order valence-corrected chi connectivity index (χ3v) is 6.44. The third-order valence-electron chi connectivity index (χ3n) is 6.19. The van der Waals surface area contributed by atoms with Crippen LogP contribution < -0.4 is 5.32 Å². The van der Waals surface area contributed by atoms with Crippen molar-refractivity contribution in [1.82, 2.24) is 20.0 Å². The number of benzene rings is 2. The van der Waals surface area contributed by atoms with Crippen molar-refractivity contribution < 1.29 is 9.59 Å². The minimum absolute atomic E-state index is 0.0381. The summed E-state index contributed by atoms with van der Waals surface area (Å²) in [6.45, 7) is 6.35. The first-order valence-corrected chi connectivity index (χ1v) is 11.7. The van der Waals surface area contributed by atoms with Crippen molar-refractivity contribution in [2.45, 2.75) is 25.8 Å². The van der Waals surface area contributed by atoms with E-state index in [0.29, 0.717) is 41.7 Å². The molecule has 34 heavy (non-hydrogen) atoms. The summed E-state index contributed by atoms with van der Waals surface area (Å²) in [6.07, 6.45) is 5.70. The third kappa shape index (κ3) is 5.13. The Balaban J connectivity index is 1.41. The van der Waals surface area contributed by atoms with E-state index in [1.807, 2.05) is 27.9 Å². The average molecular weight is 476 g/mol. The standard InChI is InChI=1S/C26H26ClN5O2/c1-2-21-22(25(33)29-13-3-12-28)8-9-24-23(21)17-32(30-24)16-18-10-14-31(15-11-18)26(34)19-4-6-20(27)7-5-19/h2,4-9,17-18H,1,3,10-11,13-16H2,(H,29,33). The summed E-state index contributed by atoms with van der Waals surface area (Å²) >= 11 is 5.93. The molecule has 4 rings (SSSR count). The lowest BCUT2D eigenvalue weighted by Gasteiger charge is -2.32. The topological polar surface area (TPSA) is 91.0 Å². The summed E-state index contributed by atoms with van der Waals surface area (Å²) in [6, 6.07) is 12.6. The van der Waals surface area contributed by atoms with Crippen molar-refractivity contribution in [3.63, 3.8) is 0 Å². The summed E-state index contributed by atoms with van der Waals surface area (Å²) in [7, 11) is 0. The van der Waals surface area contributed by atoms with Crippen molar-refractivity contribution in [3.8, 4) is 6.07 Å². The second-order valence-electron chi connectivity index (χ2n) is 8.42. The number of nitriles is 1. The van der Waals surface area contributed by atoms with E-state index < -0.39 is 0 Å². The Kier molecular flexibility index (Phi) is 7.29. The molecule has 0 spiro atoms. The highest BCUT2D eigenvalue weighted by molar-refractivity contribution is 6.30. The maximum Gasteiger partial charge on any atom is 0.253 e. The second-order valence-corrected chi connectivity index (χ2v) is 8.86. The van der Waals surface area contributed by atoms with Gasteiger partial charge in [-0.05, 0) is 60.7 Å².